The number of hydrogen-bond acceptors (Lipinski definition) is 3. The van der Waals surface area contributed by atoms with E-state index in [-0.39, 0.29) is 24.1 Å². The molecule has 0 bridgehead atoms. The third-order valence-corrected chi connectivity index (χ3v) is 3.17. The summed E-state index contributed by atoms with van der Waals surface area (Å²) in [6, 6.07) is -0.335. The van der Waals surface area contributed by atoms with E-state index < -0.39 is 0 Å². The van der Waals surface area contributed by atoms with Crippen molar-refractivity contribution in [1.29, 1.82) is 0 Å². The second-order valence-corrected chi connectivity index (χ2v) is 4.12. The molecule has 1 saturated carbocycles. The van der Waals surface area contributed by atoms with Gasteiger partial charge in [0.25, 0.3) is 0 Å². The Bertz CT molecular complexity index is 226. The second kappa shape index (κ2) is 2.96. The van der Waals surface area contributed by atoms with Gasteiger partial charge < -0.3 is 15.7 Å². The standard InChI is InChI=1S/C9H16N2O2/c10-7-2-1-5-11(8(7)13)9(6-12)3-4-9/h7,12H,1-6,10H2. The normalized spacial score (nSPS) is 32.0. The van der Waals surface area contributed by atoms with Crippen molar-refractivity contribution in [1.82, 2.24) is 4.90 Å². The summed E-state index contributed by atoms with van der Waals surface area (Å²) < 4.78 is 0. The number of nitrogens with zero attached hydrogens (tertiary/aromatic N) is 1. The van der Waals surface area contributed by atoms with Crippen LogP contribution in [-0.4, -0.2) is 40.6 Å². The molecule has 1 unspecified atom stereocenters. The van der Waals surface area contributed by atoms with E-state index in [0.29, 0.717) is 0 Å². The maximum Gasteiger partial charge on any atom is 0.240 e. The molecule has 4 heteroatoms. The van der Waals surface area contributed by atoms with Crippen molar-refractivity contribution < 1.29 is 9.90 Å². The first kappa shape index (κ1) is 8.97. The molecule has 74 valence electrons. The number of piperidine rings is 1. The maximum atomic E-state index is 11.7. The molecule has 1 amide bonds. The lowest BCUT2D eigenvalue weighted by atomic mass is 10.0. The molecule has 1 atom stereocenters. The highest BCUT2D eigenvalue weighted by Crippen LogP contribution is 2.42. The van der Waals surface area contributed by atoms with Crippen LogP contribution < -0.4 is 5.73 Å². The largest absolute Gasteiger partial charge is 0.394 e. The Morgan fingerprint density at radius 3 is 2.85 bits per heavy atom. The van der Waals surface area contributed by atoms with Crippen LogP contribution in [-0.2, 0) is 4.79 Å². The summed E-state index contributed by atoms with van der Waals surface area (Å²) in [5.74, 6) is 0.0257. The van der Waals surface area contributed by atoms with E-state index >= 15 is 0 Å². The molecular formula is C9H16N2O2. The van der Waals surface area contributed by atoms with Crippen LogP contribution in [0.5, 0.6) is 0 Å². The Kier molecular flexibility index (Phi) is 2.04. The summed E-state index contributed by atoms with van der Waals surface area (Å²) >= 11 is 0. The summed E-state index contributed by atoms with van der Waals surface area (Å²) in [7, 11) is 0. The average Bonchev–Trinajstić information content (AvgIpc) is 2.90. The minimum atomic E-state index is -0.335. The quantitative estimate of drug-likeness (QED) is 0.605. The molecule has 2 rings (SSSR count). The highest BCUT2D eigenvalue weighted by molar-refractivity contribution is 5.83. The summed E-state index contributed by atoms with van der Waals surface area (Å²) in [6.45, 7) is 0.860. The van der Waals surface area contributed by atoms with Gasteiger partial charge in [-0.2, -0.15) is 0 Å². The van der Waals surface area contributed by atoms with E-state index in [9.17, 15) is 9.90 Å². The van der Waals surface area contributed by atoms with Crippen molar-refractivity contribution >= 4 is 5.91 Å². The topological polar surface area (TPSA) is 66.6 Å². The Morgan fingerprint density at radius 1 is 1.62 bits per heavy atom. The predicted molar refractivity (Wildman–Crippen MR) is 48.0 cm³/mol. The number of aliphatic hydroxyl groups excluding tert-OH is 1. The molecule has 1 heterocycles. The zero-order valence-electron chi connectivity index (χ0n) is 7.70. The van der Waals surface area contributed by atoms with Crippen molar-refractivity contribution in [3.05, 3.63) is 0 Å². The van der Waals surface area contributed by atoms with Gasteiger partial charge in [0.05, 0.1) is 18.2 Å². The maximum absolute atomic E-state index is 11.7. The lowest BCUT2D eigenvalue weighted by Gasteiger charge is -2.36. The van der Waals surface area contributed by atoms with Gasteiger partial charge in [0.2, 0.25) is 5.91 Å². The van der Waals surface area contributed by atoms with Gasteiger partial charge >= 0.3 is 0 Å². The highest BCUT2D eigenvalue weighted by Gasteiger charge is 2.51. The molecule has 1 saturated heterocycles. The number of aliphatic hydroxyl groups is 1. The Balaban J connectivity index is 2.09. The van der Waals surface area contributed by atoms with Crippen LogP contribution in [0.4, 0.5) is 0 Å². The number of carbonyl (C=O) groups is 1. The van der Waals surface area contributed by atoms with Crippen molar-refractivity contribution in [3.63, 3.8) is 0 Å². The molecule has 3 N–H and O–H groups in total. The summed E-state index contributed by atoms with van der Waals surface area (Å²) in [6.07, 6.45) is 3.62. The van der Waals surface area contributed by atoms with E-state index in [1.165, 1.54) is 0 Å². The third kappa shape index (κ3) is 1.34. The molecular weight excluding hydrogens is 168 g/mol. The van der Waals surface area contributed by atoms with Crippen LogP contribution in [0.2, 0.25) is 0 Å². The number of hydrogen-bond donors (Lipinski definition) is 2. The van der Waals surface area contributed by atoms with Crippen LogP contribution in [0.3, 0.4) is 0 Å². The molecule has 1 aliphatic heterocycles. The molecule has 0 radical (unpaired) electrons. The average molecular weight is 184 g/mol. The van der Waals surface area contributed by atoms with E-state index in [2.05, 4.69) is 0 Å². The number of rotatable bonds is 2. The molecule has 2 fully saturated rings. The van der Waals surface area contributed by atoms with Gasteiger partial charge in [0.1, 0.15) is 0 Å². The number of nitrogens with two attached hydrogens (primary N) is 1. The zero-order valence-corrected chi connectivity index (χ0v) is 7.70. The first-order valence-electron chi connectivity index (χ1n) is 4.87. The lowest BCUT2D eigenvalue weighted by Crippen LogP contribution is -2.54. The van der Waals surface area contributed by atoms with Gasteiger partial charge in [0, 0.05) is 6.54 Å². The monoisotopic (exact) mass is 184 g/mol. The third-order valence-electron chi connectivity index (χ3n) is 3.17. The number of likely N-dealkylation sites (tertiary alicyclic amines) is 1. The molecule has 4 nitrogen and oxygen atoms in total. The summed E-state index contributed by atoms with van der Waals surface area (Å²) in [4.78, 5) is 13.5. The van der Waals surface area contributed by atoms with E-state index in [4.69, 9.17) is 5.73 Å². The van der Waals surface area contributed by atoms with Gasteiger partial charge in [-0.3, -0.25) is 4.79 Å². The van der Waals surface area contributed by atoms with E-state index in [1.54, 1.807) is 4.90 Å². The SMILES string of the molecule is NC1CCCN(C2(CO)CC2)C1=O. The Hall–Kier alpha value is -0.610. The summed E-state index contributed by atoms with van der Waals surface area (Å²) in [5, 5.41) is 9.18. The van der Waals surface area contributed by atoms with Crippen LogP contribution in [0, 0.1) is 0 Å². The van der Waals surface area contributed by atoms with Gasteiger partial charge in [-0.15, -0.1) is 0 Å². The van der Waals surface area contributed by atoms with Crippen LogP contribution in [0.15, 0.2) is 0 Å². The van der Waals surface area contributed by atoms with Crippen LogP contribution in [0.25, 0.3) is 0 Å². The van der Waals surface area contributed by atoms with Crippen molar-refractivity contribution in [2.75, 3.05) is 13.2 Å². The molecule has 0 aromatic carbocycles. The smallest absolute Gasteiger partial charge is 0.240 e. The van der Waals surface area contributed by atoms with Crippen molar-refractivity contribution in [2.24, 2.45) is 5.73 Å². The van der Waals surface area contributed by atoms with Crippen LogP contribution in [0.1, 0.15) is 25.7 Å². The molecule has 0 aromatic heterocycles. The fourth-order valence-corrected chi connectivity index (χ4v) is 2.03. The fourth-order valence-electron chi connectivity index (χ4n) is 2.03. The van der Waals surface area contributed by atoms with E-state index in [1.807, 2.05) is 0 Å². The van der Waals surface area contributed by atoms with Gasteiger partial charge in [0.15, 0.2) is 0 Å². The Labute approximate surface area is 77.7 Å². The second-order valence-electron chi connectivity index (χ2n) is 4.12. The molecule has 13 heavy (non-hydrogen) atoms. The summed E-state index contributed by atoms with van der Waals surface area (Å²) in [5.41, 5.74) is 5.45. The van der Waals surface area contributed by atoms with Crippen molar-refractivity contribution in [2.45, 2.75) is 37.3 Å². The van der Waals surface area contributed by atoms with Crippen LogP contribution >= 0.6 is 0 Å². The Morgan fingerprint density at radius 2 is 2.31 bits per heavy atom. The van der Waals surface area contributed by atoms with Crippen molar-refractivity contribution in [3.8, 4) is 0 Å². The minimum absolute atomic E-state index is 0.0257. The highest BCUT2D eigenvalue weighted by atomic mass is 16.3. The van der Waals surface area contributed by atoms with Gasteiger partial charge in [-0.25, -0.2) is 0 Å². The minimum Gasteiger partial charge on any atom is -0.394 e. The van der Waals surface area contributed by atoms with Gasteiger partial charge in [-0.05, 0) is 25.7 Å². The first-order chi connectivity index (χ1) is 6.19. The fraction of sp³-hybridized carbons (Fsp3) is 0.889. The molecule has 0 aromatic rings. The molecule has 1 aliphatic carbocycles. The molecule has 2 aliphatic rings. The lowest BCUT2D eigenvalue weighted by molar-refractivity contribution is -0.139. The number of carbonyl (C=O) groups excluding carboxylic acids is 1. The first-order valence-corrected chi connectivity index (χ1v) is 4.87. The molecule has 0 spiro atoms. The predicted octanol–water partition coefficient (Wildman–Crippen LogP) is -0.539. The number of amides is 1. The van der Waals surface area contributed by atoms with E-state index in [0.717, 1.165) is 32.2 Å². The zero-order chi connectivity index (χ0) is 9.47. The van der Waals surface area contributed by atoms with Gasteiger partial charge in [-0.1, -0.05) is 0 Å².